The molecule has 2 rings (SSSR count). The SMILES string of the molecule is Cc1c([N+](=O)[O-])cc(C(=O)OCc2ccc(Cl)cc2)cc1[N+](=O)[O-]. The van der Waals surface area contributed by atoms with E-state index < -0.39 is 27.2 Å². The van der Waals surface area contributed by atoms with Crippen LogP contribution in [-0.4, -0.2) is 15.8 Å². The number of nitrogens with zero attached hydrogens (tertiary/aromatic N) is 2. The van der Waals surface area contributed by atoms with Crippen LogP contribution in [0.5, 0.6) is 0 Å². The molecule has 0 saturated heterocycles. The summed E-state index contributed by atoms with van der Waals surface area (Å²) < 4.78 is 5.04. The van der Waals surface area contributed by atoms with Gasteiger partial charge >= 0.3 is 5.97 Å². The van der Waals surface area contributed by atoms with Crippen molar-refractivity contribution in [3.05, 3.63) is 78.3 Å². The van der Waals surface area contributed by atoms with Crippen LogP contribution in [0, 0.1) is 27.2 Å². The molecule has 0 N–H and O–H groups in total. The highest BCUT2D eigenvalue weighted by atomic mass is 35.5. The van der Waals surface area contributed by atoms with E-state index >= 15 is 0 Å². The van der Waals surface area contributed by atoms with E-state index in [4.69, 9.17) is 16.3 Å². The summed E-state index contributed by atoms with van der Waals surface area (Å²) in [4.78, 5) is 32.5. The van der Waals surface area contributed by atoms with Crippen LogP contribution in [-0.2, 0) is 11.3 Å². The van der Waals surface area contributed by atoms with Gasteiger partial charge in [-0.1, -0.05) is 23.7 Å². The van der Waals surface area contributed by atoms with E-state index in [9.17, 15) is 25.0 Å². The van der Waals surface area contributed by atoms with E-state index in [0.717, 1.165) is 12.1 Å². The fraction of sp³-hybridized carbons (Fsp3) is 0.133. The zero-order chi connectivity index (χ0) is 17.9. The Kier molecular flexibility index (Phi) is 5.10. The third-order valence-electron chi connectivity index (χ3n) is 3.27. The summed E-state index contributed by atoms with van der Waals surface area (Å²) in [5, 5.41) is 22.5. The van der Waals surface area contributed by atoms with E-state index in [-0.39, 0.29) is 17.7 Å². The standard InChI is InChI=1S/C15H11ClN2O6/c1-9-13(17(20)21)6-11(7-14(9)18(22)23)15(19)24-8-10-2-4-12(16)5-3-10/h2-7H,8H2,1H3. The summed E-state index contributed by atoms with van der Waals surface area (Å²) in [5.41, 5.74) is -0.749. The molecule has 124 valence electrons. The summed E-state index contributed by atoms with van der Waals surface area (Å²) in [5.74, 6) is -0.892. The normalized spacial score (nSPS) is 10.2. The number of carbonyl (C=O) groups excluding carboxylic acids is 1. The predicted octanol–water partition coefficient (Wildman–Crippen LogP) is 3.82. The van der Waals surface area contributed by atoms with Crippen LogP contribution in [0.3, 0.4) is 0 Å². The Morgan fingerprint density at radius 2 is 1.58 bits per heavy atom. The molecular weight excluding hydrogens is 340 g/mol. The first-order valence-corrected chi connectivity index (χ1v) is 7.02. The maximum atomic E-state index is 12.1. The van der Waals surface area contributed by atoms with Gasteiger partial charge in [0, 0.05) is 17.2 Å². The Bertz CT molecular complexity index is 784. The third kappa shape index (κ3) is 3.85. The lowest BCUT2D eigenvalue weighted by Gasteiger charge is -2.06. The summed E-state index contributed by atoms with van der Waals surface area (Å²) >= 11 is 5.74. The van der Waals surface area contributed by atoms with Gasteiger partial charge in [-0.15, -0.1) is 0 Å². The van der Waals surface area contributed by atoms with Crippen LogP contribution >= 0.6 is 11.6 Å². The van der Waals surface area contributed by atoms with Crippen LogP contribution < -0.4 is 0 Å². The second-order valence-electron chi connectivity index (χ2n) is 4.86. The van der Waals surface area contributed by atoms with Gasteiger partial charge in [0.15, 0.2) is 0 Å². The predicted molar refractivity (Wildman–Crippen MR) is 85.1 cm³/mol. The minimum absolute atomic E-state index is 0.0918. The van der Waals surface area contributed by atoms with Crippen molar-refractivity contribution in [2.75, 3.05) is 0 Å². The first kappa shape index (κ1) is 17.4. The molecule has 2 aromatic rings. The molecule has 0 aliphatic rings. The monoisotopic (exact) mass is 350 g/mol. The Balaban J connectivity index is 2.26. The number of nitro benzene ring substituents is 2. The van der Waals surface area contributed by atoms with Crippen LogP contribution in [0.1, 0.15) is 21.5 Å². The molecule has 0 aromatic heterocycles. The van der Waals surface area contributed by atoms with Crippen molar-refractivity contribution in [3.63, 3.8) is 0 Å². The number of ether oxygens (including phenoxy) is 1. The van der Waals surface area contributed by atoms with Crippen LogP contribution in [0.15, 0.2) is 36.4 Å². The molecule has 0 amide bonds. The number of hydrogen-bond donors (Lipinski definition) is 0. The largest absolute Gasteiger partial charge is 0.457 e. The van der Waals surface area contributed by atoms with E-state index in [1.165, 1.54) is 6.92 Å². The lowest BCUT2D eigenvalue weighted by atomic mass is 10.1. The van der Waals surface area contributed by atoms with Crippen molar-refractivity contribution in [1.29, 1.82) is 0 Å². The van der Waals surface area contributed by atoms with E-state index in [0.29, 0.717) is 10.6 Å². The fourth-order valence-electron chi connectivity index (χ4n) is 1.99. The molecule has 0 spiro atoms. The van der Waals surface area contributed by atoms with Crippen LogP contribution in [0.4, 0.5) is 11.4 Å². The average Bonchev–Trinajstić information content (AvgIpc) is 2.53. The lowest BCUT2D eigenvalue weighted by Crippen LogP contribution is -2.08. The molecule has 0 bridgehead atoms. The number of rotatable bonds is 5. The summed E-state index contributed by atoms with van der Waals surface area (Å²) in [6.07, 6.45) is 0. The van der Waals surface area contributed by atoms with Crippen molar-refractivity contribution in [2.24, 2.45) is 0 Å². The highest BCUT2D eigenvalue weighted by Gasteiger charge is 2.25. The first-order chi connectivity index (χ1) is 11.3. The van der Waals surface area contributed by atoms with Gasteiger partial charge in [0.25, 0.3) is 11.4 Å². The van der Waals surface area contributed by atoms with Gasteiger partial charge in [0.2, 0.25) is 0 Å². The number of nitro groups is 2. The van der Waals surface area contributed by atoms with Crippen LogP contribution in [0.25, 0.3) is 0 Å². The van der Waals surface area contributed by atoms with E-state index in [1.54, 1.807) is 24.3 Å². The molecule has 0 aliphatic carbocycles. The molecule has 0 aliphatic heterocycles. The molecule has 9 heteroatoms. The maximum Gasteiger partial charge on any atom is 0.338 e. The quantitative estimate of drug-likeness (QED) is 0.460. The molecule has 0 fully saturated rings. The number of benzene rings is 2. The average molecular weight is 351 g/mol. The summed E-state index contributed by atoms with van der Waals surface area (Å²) in [6.45, 7) is 1.16. The van der Waals surface area contributed by atoms with Crippen molar-refractivity contribution in [3.8, 4) is 0 Å². The molecular formula is C15H11ClN2O6. The Morgan fingerprint density at radius 1 is 1.08 bits per heavy atom. The van der Waals surface area contributed by atoms with Crippen molar-refractivity contribution >= 4 is 28.9 Å². The number of carbonyl (C=O) groups is 1. The molecule has 0 atom stereocenters. The van der Waals surface area contributed by atoms with Crippen LogP contribution in [0.2, 0.25) is 5.02 Å². The minimum atomic E-state index is -0.892. The highest BCUT2D eigenvalue weighted by Crippen LogP contribution is 2.29. The second-order valence-corrected chi connectivity index (χ2v) is 5.29. The van der Waals surface area contributed by atoms with Crippen molar-refractivity contribution < 1.29 is 19.4 Å². The van der Waals surface area contributed by atoms with Gasteiger partial charge in [0.1, 0.15) is 12.2 Å². The van der Waals surface area contributed by atoms with Gasteiger partial charge in [0.05, 0.1) is 15.4 Å². The number of esters is 1. The second kappa shape index (κ2) is 7.05. The first-order valence-electron chi connectivity index (χ1n) is 6.64. The Hall–Kier alpha value is -3.00. The zero-order valence-corrected chi connectivity index (χ0v) is 13.1. The summed E-state index contributed by atoms with van der Waals surface area (Å²) in [6, 6.07) is 8.46. The zero-order valence-electron chi connectivity index (χ0n) is 12.4. The van der Waals surface area contributed by atoms with E-state index in [1.807, 2.05) is 0 Å². The Morgan fingerprint density at radius 3 is 2.04 bits per heavy atom. The lowest BCUT2D eigenvalue weighted by molar-refractivity contribution is -0.395. The molecule has 2 aromatic carbocycles. The Labute approximate surface area is 140 Å². The third-order valence-corrected chi connectivity index (χ3v) is 3.52. The molecule has 0 saturated carbocycles. The number of hydrogen-bond acceptors (Lipinski definition) is 6. The topological polar surface area (TPSA) is 113 Å². The van der Waals surface area contributed by atoms with Crippen molar-refractivity contribution in [1.82, 2.24) is 0 Å². The summed E-state index contributed by atoms with van der Waals surface area (Å²) in [7, 11) is 0. The van der Waals surface area contributed by atoms with Gasteiger partial charge in [-0.05, 0) is 24.6 Å². The molecule has 24 heavy (non-hydrogen) atoms. The van der Waals surface area contributed by atoms with Crippen molar-refractivity contribution in [2.45, 2.75) is 13.5 Å². The molecule has 0 unspecified atom stereocenters. The molecule has 0 radical (unpaired) electrons. The maximum absolute atomic E-state index is 12.1. The highest BCUT2D eigenvalue weighted by molar-refractivity contribution is 6.30. The van der Waals surface area contributed by atoms with Gasteiger partial charge in [-0.2, -0.15) is 0 Å². The minimum Gasteiger partial charge on any atom is -0.457 e. The van der Waals surface area contributed by atoms with E-state index in [2.05, 4.69) is 0 Å². The fourth-order valence-corrected chi connectivity index (χ4v) is 2.12. The van der Waals surface area contributed by atoms with Gasteiger partial charge in [-0.25, -0.2) is 4.79 Å². The smallest absolute Gasteiger partial charge is 0.338 e. The van der Waals surface area contributed by atoms with Gasteiger partial charge in [-0.3, -0.25) is 20.2 Å². The van der Waals surface area contributed by atoms with Gasteiger partial charge < -0.3 is 4.74 Å². The number of halogens is 1. The molecule has 0 heterocycles. The molecule has 8 nitrogen and oxygen atoms in total.